The van der Waals surface area contributed by atoms with E-state index >= 15 is 0 Å². The van der Waals surface area contributed by atoms with Crippen molar-refractivity contribution in [1.82, 2.24) is 0 Å². The van der Waals surface area contributed by atoms with Crippen LogP contribution in [-0.4, -0.2) is 0 Å². The number of anilines is 12. The molecule has 12 nitrogen and oxygen atoms in total. The van der Waals surface area contributed by atoms with E-state index < -0.39 is 10.8 Å². The van der Waals surface area contributed by atoms with Crippen molar-refractivity contribution in [2.45, 2.75) is 24.7 Å². The van der Waals surface area contributed by atoms with Gasteiger partial charge in [0.15, 0.2) is 22.7 Å². The summed E-state index contributed by atoms with van der Waals surface area (Å²) in [5, 5.41) is 44.7. The number of fused-ring (bicyclic) bond motifs is 10. The van der Waals surface area contributed by atoms with Crippen LogP contribution in [0.3, 0.4) is 0 Å². The maximum absolute atomic E-state index is 10.2. The van der Waals surface area contributed by atoms with Gasteiger partial charge in [-0.3, -0.25) is 0 Å². The predicted molar refractivity (Wildman–Crippen MR) is 414 cm³/mol. The van der Waals surface area contributed by atoms with Crippen molar-refractivity contribution in [3.8, 4) is 46.5 Å². The van der Waals surface area contributed by atoms with Crippen molar-refractivity contribution >= 4 is 113 Å². The zero-order chi connectivity index (χ0) is 71.4. The Hall–Kier alpha value is -15.3. The molecule has 482 valence electrons. The first kappa shape index (κ1) is 63.5. The van der Waals surface area contributed by atoms with Crippen LogP contribution < -0.4 is 19.6 Å². The van der Waals surface area contributed by atoms with Gasteiger partial charge in [-0.1, -0.05) is 123 Å². The first-order valence-corrected chi connectivity index (χ1v) is 33.5. The Balaban J connectivity index is 1.07. The number of rotatable bonds is 13. The Kier molecular flexibility index (Phi) is 15.6. The minimum Gasteiger partial charge on any atom is -0.311 e. The minimum absolute atomic E-state index is 0.484. The maximum atomic E-state index is 10.2. The van der Waals surface area contributed by atoms with E-state index in [9.17, 15) is 21.0 Å². The Labute approximate surface area is 602 Å². The molecule has 12 heteroatoms. The van der Waals surface area contributed by atoms with Gasteiger partial charge in [0.1, 0.15) is 0 Å². The molecule has 2 unspecified atom stereocenters. The molecule has 0 aliphatic heterocycles. The van der Waals surface area contributed by atoms with Crippen molar-refractivity contribution in [2.24, 2.45) is 0 Å². The maximum Gasteiger partial charge on any atom is 0.187 e. The number of benzene rings is 14. The molecule has 0 bridgehead atoms. The van der Waals surface area contributed by atoms with Gasteiger partial charge in [-0.15, -0.1) is 0 Å². The molecule has 0 radical (unpaired) electrons. The first-order valence-electron chi connectivity index (χ1n) is 33.5. The molecule has 2 aliphatic rings. The van der Waals surface area contributed by atoms with E-state index in [1.807, 2.05) is 194 Å². The average Bonchev–Trinajstić information content (AvgIpc) is 1.49. The fraction of sp³-hybridized carbons (Fsp3) is 0.0435. The zero-order valence-electron chi connectivity index (χ0n) is 56.1. The summed E-state index contributed by atoms with van der Waals surface area (Å²) in [5.41, 5.74) is 19.3. The van der Waals surface area contributed by atoms with Gasteiger partial charge in [-0.05, 0) is 237 Å². The van der Waals surface area contributed by atoms with E-state index in [1.54, 1.807) is 0 Å². The van der Waals surface area contributed by atoms with Gasteiger partial charge in [0.05, 0.1) is 84.2 Å². The van der Waals surface area contributed by atoms with Crippen LogP contribution in [0.25, 0.3) is 63.2 Å². The number of hydrogen-bond acceptors (Lipinski definition) is 8. The van der Waals surface area contributed by atoms with Gasteiger partial charge in [-0.25, -0.2) is 19.4 Å². The largest absolute Gasteiger partial charge is 0.311 e. The fourth-order valence-electron chi connectivity index (χ4n) is 15.6. The Bertz CT molecular complexity index is 5600. The van der Waals surface area contributed by atoms with Crippen molar-refractivity contribution in [2.75, 3.05) is 19.6 Å². The van der Waals surface area contributed by atoms with E-state index in [4.69, 9.17) is 26.3 Å². The molecule has 0 fully saturated rings. The molecule has 14 aromatic carbocycles. The van der Waals surface area contributed by atoms with Crippen molar-refractivity contribution in [3.63, 3.8) is 0 Å². The highest BCUT2D eigenvalue weighted by Crippen LogP contribution is 2.69. The van der Waals surface area contributed by atoms with Gasteiger partial charge in [0.2, 0.25) is 0 Å². The van der Waals surface area contributed by atoms with Crippen molar-refractivity contribution in [1.29, 1.82) is 21.0 Å². The standard InChI is InChI=1S/C92H54N12/c1-91(83-51-75(101(67-31-15-59(55-93)16-32-67)69-39-23-63(97-3)24-40-69)47-49-81(83)89-79-13-9-7-11-77(79)87(53-85(89)91)103(71-35-19-61(57-95)20-36-71)73-43-27-65(99-5)28-44-73)92(2)84-52-76(102(68-33-17-60(56-94)18-34-68)70-41-25-64(98-4)26-42-70)48-50-82(84)90-80-14-10-8-12-78(80)88(54-86(90)92)104(72-37-21-62(58-96)22-38-72)74-45-29-66(100-6)30-46-74/h7-54H,1-2H3. The number of hydrogen-bond donors (Lipinski definition) is 0. The smallest absolute Gasteiger partial charge is 0.187 e. The summed E-state index contributed by atoms with van der Waals surface area (Å²) in [6.45, 7) is 36.8. The minimum atomic E-state index is -1.13. The zero-order valence-corrected chi connectivity index (χ0v) is 56.1. The SMILES string of the molecule is [C-]#[N+]c1ccc(N(c2ccc(C#N)cc2)c2ccc3c(c2)C(C)(C2(C)c4cc(N(c5ccc(C#N)cc5)c5ccc([N+]#[C-])cc5)ccc4-c4c2cc(N(c2ccc(C#N)cc2)c2ccc([N+]#[C-])cc2)c2ccccc42)c2cc(N(c4ccc(C#N)cc4)c4ccc([N+]#[C-])cc4)c4ccccc4c2-3)cc1. The fourth-order valence-corrected chi connectivity index (χ4v) is 15.6. The molecule has 14 aromatic rings. The Morgan fingerprint density at radius 1 is 0.260 bits per heavy atom. The average molecular weight is 1330 g/mol. The van der Waals surface area contributed by atoms with Gasteiger partial charge in [0.25, 0.3) is 0 Å². The third kappa shape index (κ3) is 10.2. The summed E-state index contributed by atoms with van der Waals surface area (Å²) in [5.74, 6) is 0. The second-order valence-corrected chi connectivity index (χ2v) is 25.9. The summed E-state index contributed by atoms with van der Waals surface area (Å²) in [7, 11) is 0. The second-order valence-electron chi connectivity index (χ2n) is 25.9. The van der Waals surface area contributed by atoms with E-state index in [0.717, 1.165) is 134 Å². The molecule has 0 saturated carbocycles. The molecule has 0 spiro atoms. The van der Waals surface area contributed by atoms with E-state index in [0.29, 0.717) is 45.0 Å². The third-order valence-corrected chi connectivity index (χ3v) is 20.7. The summed E-state index contributed by atoms with van der Waals surface area (Å²) < 4.78 is 0. The van der Waals surface area contributed by atoms with Crippen LogP contribution in [0.1, 0.15) is 58.4 Å². The lowest BCUT2D eigenvalue weighted by atomic mass is 9.56. The third-order valence-electron chi connectivity index (χ3n) is 20.7. The highest BCUT2D eigenvalue weighted by Gasteiger charge is 2.59. The van der Waals surface area contributed by atoms with Crippen LogP contribution in [0.5, 0.6) is 0 Å². The summed E-state index contributed by atoms with van der Waals surface area (Å²) in [6.07, 6.45) is 0. The Morgan fingerprint density at radius 3 is 0.740 bits per heavy atom. The van der Waals surface area contributed by atoms with E-state index in [2.05, 4.69) is 174 Å². The molecule has 2 atom stereocenters. The van der Waals surface area contributed by atoms with Crippen LogP contribution in [0.2, 0.25) is 0 Å². The highest BCUT2D eigenvalue weighted by molar-refractivity contribution is 6.14. The highest BCUT2D eigenvalue weighted by atomic mass is 15.2. The number of nitrogens with zero attached hydrogens (tertiary/aromatic N) is 12. The van der Waals surface area contributed by atoms with Crippen molar-refractivity contribution < 1.29 is 0 Å². The van der Waals surface area contributed by atoms with Gasteiger partial charge < -0.3 is 19.6 Å². The van der Waals surface area contributed by atoms with Crippen LogP contribution >= 0.6 is 0 Å². The van der Waals surface area contributed by atoms with E-state index in [-0.39, 0.29) is 0 Å². The lowest BCUT2D eigenvalue weighted by Gasteiger charge is -2.46. The Morgan fingerprint density at radius 2 is 0.490 bits per heavy atom. The molecule has 2 aliphatic carbocycles. The summed E-state index contributed by atoms with van der Waals surface area (Å²) in [4.78, 5) is 24.0. The monoisotopic (exact) mass is 1330 g/mol. The number of nitriles is 4. The van der Waals surface area contributed by atoms with Crippen LogP contribution in [-0.2, 0) is 10.8 Å². The normalized spacial score (nSPS) is 14.1. The van der Waals surface area contributed by atoms with Crippen molar-refractivity contribution in [3.05, 3.63) is 381 Å². The first-order chi connectivity index (χ1) is 50.9. The molecule has 0 amide bonds. The van der Waals surface area contributed by atoms with Gasteiger partial charge in [-0.2, -0.15) is 21.0 Å². The van der Waals surface area contributed by atoms with Crippen LogP contribution in [0.4, 0.5) is 91.0 Å². The van der Waals surface area contributed by atoms with Crippen LogP contribution in [0.15, 0.2) is 291 Å². The molecule has 0 heterocycles. The quantitative estimate of drug-likeness (QED) is 0.105. The molecule has 0 saturated heterocycles. The van der Waals surface area contributed by atoms with Gasteiger partial charge in [0, 0.05) is 78.5 Å². The molecule has 0 aromatic heterocycles. The predicted octanol–water partition coefficient (Wildman–Crippen LogP) is 24.8. The topological polar surface area (TPSA) is 126 Å². The lowest BCUT2D eigenvalue weighted by Crippen LogP contribution is -2.44. The molecular weight excluding hydrogens is 1270 g/mol. The summed E-state index contributed by atoms with van der Waals surface area (Å²) in [6, 6.07) is 105. The lowest BCUT2D eigenvalue weighted by molar-refractivity contribution is 0.376. The molecular formula is C92H54N12. The van der Waals surface area contributed by atoms with Gasteiger partial charge >= 0.3 is 0 Å². The van der Waals surface area contributed by atoms with Crippen LogP contribution in [0, 0.1) is 71.6 Å². The molecule has 0 N–H and O–H groups in total. The molecule has 16 rings (SSSR count). The molecule has 104 heavy (non-hydrogen) atoms. The second kappa shape index (κ2) is 25.5. The van der Waals surface area contributed by atoms with E-state index in [1.165, 1.54) is 0 Å². The summed E-state index contributed by atoms with van der Waals surface area (Å²) >= 11 is 0.